The van der Waals surface area contributed by atoms with Gasteiger partial charge in [-0.1, -0.05) is 39.7 Å². The molecule has 0 fully saturated rings. The molecule has 2 aromatic rings. The molecule has 0 heterocycles. The minimum atomic E-state index is -4.35. The summed E-state index contributed by atoms with van der Waals surface area (Å²) < 4.78 is 38.1. The molecule has 0 bridgehead atoms. The molecule has 21 heavy (non-hydrogen) atoms. The van der Waals surface area contributed by atoms with E-state index in [1.54, 1.807) is 18.2 Å². The van der Waals surface area contributed by atoms with Gasteiger partial charge in [0.15, 0.2) is 0 Å². The Morgan fingerprint density at radius 2 is 1.71 bits per heavy atom. The Morgan fingerprint density at radius 1 is 1.10 bits per heavy atom. The van der Waals surface area contributed by atoms with E-state index < -0.39 is 17.8 Å². The van der Waals surface area contributed by atoms with Gasteiger partial charge in [-0.2, -0.15) is 13.2 Å². The molecule has 0 saturated heterocycles. The average Bonchev–Trinajstić information content (AvgIpc) is 2.37. The van der Waals surface area contributed by atoms with Crippen molar-refractivity contribution in [2.45, 2.75) is 18.7 Å². The molecule has 0 radical (unpaired) electrons. The van der Waals surface area contributed by atoms with Crippen LogP contribution in [0.2, 0.25) is 5.02 Å². The molecular weight excluding hydrogens is 369 g/mol. The molecule has 1 atom stereocenters. The van der Waals surface area contributed by atoms with Crippen LogP contribution in [0.1, 0.15) is 22.8 Å². The van der Waals surface area contributed by atoms with Crippen molar-refractivity contribution in [3.63, 3.8) is 0 Å². The normalized spacial score (nSPS) is 13.2. The summed E-state index contributed by atoms with van der Waals surface area (Å²) in [5.74, 6) is 0. The van der Waals surface area contributed by atoms with Gasteiger partial charge in [-0.25, -0.2) is 0 Å². The van der Waals surface area contributed by atoms with Gasteiger partial charge in [0.25, 0.3) is 0 Å². The van der Waals surface area contributed by atoms with Crippen molar-refractivity contribution in [1.29, 1.82) is 0 Å². The van der Waals surface area contributed by atoms with Crippen molar-refractivity contribution >= 4 is 27.5 Å². The first kappa shape index (κ1) is 16.3. The summed E-state index contributed by atoms with van der Waals surface area (Å²) in [6.45, 7) is 0. The molecule has 0 saturated carbocycles. The summed E-state index contributed by atoms with van der Waals surface area (Å²) in [7, 11) is 0. The molecule has 1 N–H and O–H groups in total. The fourth-order valence-corrected chi connectivity index (χ4v) is 2.82. The van der Waals surface area contributed by atoms with Gasteiger partial charge >= 0.3 is 6.18 Å². The fourth-order valence-electron chi connectivity index (χ4n) is 1.94. The summed E-state index contributed by atoms with van der Waals surface area (Å²) in [5, 5.41) is 10.6. The minimum Gasteiger partial charge on any atom is -0.388 e. The number of rotatable bonds is 3. The summed E-state index contributed by atoms with van der Waals surface area (Å²) in [5.41, 5.74) is 0.520. The Balaban J connectivity index is 2.14. The molecule has 0 aromatic heterocycles. The molecule has 0 amide bonds. The van der Waals surface area contributed by atoms with E-state index in [1.807, 2.05) is 0 Å². The maximum Gasteiger partial charge on any atom is 0.416 e. The summed E-state index contributed by atoms with van der Waals surface area (Å²) >= 11 is 9.18. The van der Waals surface area contributed by atoms with Gasteiger partial charge in [0, 0.05) is 15.9 Å². The molecule has 0 spiro atoms. The lowest BCUT2D eigenvalue weighted by Crippen LogP contribution is -2.06. The third kappa shape index (κ3) is 4.46. The van der Waals surface area contributed by atoms with E-state index in [0.717, 1.165) is 16.6 Å². The van der Waals surface area contributed by atoms with Crippen LogP contribution in [-0.4, -0.2) is 5.11 Å². The Morgan fingerprint density at radius 3 is 2.24 bits per heavy atom. The number of aliphatic hydroxyl groups excluding tert-OH is 1. The summed E-state index contributed by atoms with van der Waals surface area (Å²) in [4.78, 5) is 0. The van der Waals surface area contributed by atoms with E-state index in [0.29, 0.717) is 16.1 Å². The van der Waals surface area contributed by atoms with Crippen molar-refractivity contribution in [2.24, 2.45) is 0 Å². The van der Waals surface area contributed by atoms with Gasteiger partial charge in [0.2, 0.25) is 0 Å². The smallest absolute Gasteiger partial charge is 0.388 e. The first-order valence-electron chi connectivity index (χ1n) is 6.06. The van der Waals surface area contributed by atoms with Crippen LogP contribution in [0.15, 0.2) is 46.9 Å². The van der Waals surface area contributed by atoms with Gasteiger partial charge in [0.1, 0.15) is 0 Å². The third-order valence-electron chi connectivity index (χ3n) is 2.98. The van der Waals surface area contributed by atoms with Crippen molar-refractivity contribution in [3.8, 4) is 0 Å². The highest BCUT2D eigenvalue weighted by Gasteiger charge is 2.29. The second-order valence-corrected chi connectivity index (χ2v) is 5.97. The zero-order chi connectivity index (χ0) is 15.6. The van der Waals surface area contributed by atoms with Gasteiger partial charge in [-0.15, -0.1) is 0 Å². The third-order valence-corrected chi connectivity index (χ3v) is 3.66. The molecule has 2 aromatic carbocycles. The molecule has 1 nitrogen and oxygen atoms in total. The summed E-state index contributed by atoms with van der Waals surface area (Å²) in [6.07, 6.45) is -4.98. The van der Waals surface area contributed by atoms with Gasteiger partial charge in [-0.3, -0.25) is 0 Å². The molecule has 1 unspecified atom stereocenters. The topological polar surface area (TPSA) is 20.2 Å². The lowest BCUT2D eigenvalue weighted by Gasteiger charge is -2.13. The molecular formula is C15H11BrClF3O. The second kappa shape index (κ2) is 6.38. The Labute approximate surface area is 133 Å². The predicted octanol–water partition coefficient (Wildman–Crippen LogP) is 5.40. The van der Waals surface area contributed by atoms with Crippen LogP contribution >= 0.6 is 27.5 Å². The highest BCUT2D eigenvalue weighted by atomic mass is 79.9. The van der Waals surface area contributed by atoms with Crippen LogP contribution in [0.3, 0.4) is 0 Å². The lowest BCUT2D eigenvalue weighted by molar-refractivity contribution is -0.137. The Bertz CT molecular complexity index is 606. The molecule has 0 aliphatic heterocycles. The van der Waals surface area contributed by atoms with Crippen LogP contribution in [0.4, 0.5) is 13.2 Å². The monoisotopic (exact) mass is 378 g/mol. The van der Waals surface area contributed by atoms with Crippen LogP contribution in [0, 0.1) is 0 Å². The quantitative estimate of drug-likeness (QED) is 0.757. The molecule has 0 aliphatic rings. The van der Waals surface area contributed by atoms with Crippen molar-refractivity contribution < 1.29 is 18.3 Å². The average molecular weight is 380 g/mol. The number of halogens is 5. The first-order valence-corrected chi connectivity index (χ1v) is 7.23. The highest BCUT2D eigenvalue weighted by Crippen LogP contribution is 2.30. The number of benzene rings is 2. The summed E-state index contributed by atoms with van der Waals surface area (Å²) in [6, 6.07) is 9.79. The van der Waals surface area contributed by atoms with Gasteiger partial charge in [-0.05, 0) is 41.5 Å². The van der Waals surface area contributed by atoms with E-state index in [1.165, 1.54) is 12.1 Å². The SMILES string of the molecule is OC(Cc1ccc(C(F)(F)F)cc1)c1cc(Cl)cc(Br)c1. The highest BCUT2D eigenvalue weighted by molar-refractivity contribution is 9.10. The van der Waals surface area contributed by atoms with E-state index in [-0.39, 0.29) is 6.42 Å². The van der Waals surface area contributed by atoms with Crippen molar-refractivity contribution in [1.82, 2.24) is 0 Å². The standard InChI is InChI=1S/C15H11BrClF3O/c16-12-6-10(7-13(17)8-12)14(21)5-9-1-3-11(4-2-9)15(18,19)20/h1-4,6-8,14,21H,5H2. The lowest BCUT2D eigenvalue weighted by atomic mass is 10.0. The predicted molar refractivity (Wildman–Crippen MR) is 79.3 cm³/mol. The van der Waals surface area contributed by atoms with Crippen LogP contribution in [0.25, 0.3) is 0 Å². The van der Waals surface area contributed by atoms with E-state index in [2.05, 4.69) is 15.9 Å². The number of hydrogen-bond acceptors (Lipinski definition) is 1. The second-order valence-electron chi connectivity index (χ2n) is 4.62. The zero-order valence-electron chi connectivity index (χ0n) is 10.7. The molecule has 0 aliphatic carbocycles. The van der Waals surface area contributed by atoms with E-state index >= 15 is 0 Å². The number of aliphatic hydroxyl groups is 1. The van der Waals surface area contributed by atoms with Crippen molar-refractivity contribution in [3.05, 3.63) is 68.7 Å². The Kier molecular flexibility index (Phi) is 4.96. The van der Waals surface area contributed by atoms with E-state index in [4.69, 9.17) is 11.6 Å². The Hall–Kier alpha value is -1.04. The van der Waals surface area contributed by atoms with E-state index in [9.17, 15) is 18.3 Å². The molecule has 2 rings (SSSR count). The van der Waals surface area contributed by atoms with Gasteiger partial charge in [0.05, 0.1) is 11.7 Å². The number of alkyl halides is 3. The minimum absolute atomic E-state index is 0.213. The molecule has 6 heteroatoms. The van der Waals surface area contributed by atoms with Crippen LogP contribution in [-0.2, 0) is 12.6 Å². The molecule has 112 valence electrons. The van der Waals surface area contributed by atoms with Crippen molar-refractivity contribution in [2.75, 3.05) is 0 Å². The maximum atomic E-state index is 12.5. The maximum absolute atomic E-state index is 12.5. The van der Waals surface area contributed by atoms with Crippen LogP contribution < -0.4 is 0 Å². The zero-order valence-corrected chi connectivity index (χ0v) is 13.0. The fraction of sp³-hybridized carbons (Fsp3) is 0.200. The number of hydrogen-bond donors (Lipinski definition) is 1. The largest absolute Gasteiger partial charge is 0.416 e. The first-order chi connectivity index (χ1) is 9.75. The van der Waals surface area contributed by atoms with Crippen LogP contribution in [0.5, 0.6) is 0 Å². The van der Waals surface area contributed by atoms with Gasteiger partial charge < -0.3 is 5.11 Å².